The molecule has 4 aliphatic carbocycles. The van der Waals surface area contributed by atoms with Crippen LogP contribution in [0.25, 0.3) is 0 Å². The molecule has 0 saturated heterocycles. The second-order valence-electron chi connectivity index (χ2n) is 6.77. The van der Waals surface area contributed by atoms with Crippen molar-refractivity contribution < 1.29 is 9.53 Å². The van der Waals surface area contributed by atoms with Crippen LogP contribution in [0.3, 0.4) is 0 Å². The van der Waals surface area contributed by atoms with Crippen molar-refractivity contribution in [3.05, 3.63) is 12.2 Å². The van der Waals surface area contributed by atoms with Crippen molar-refractivity contribution in [3.8, 4) is 0 Å². The first-order valence-corrected chi connectivity index (χ1v) is 6.89. The van der Waals surface area contributed by atoms with Gasteiger partial charge in [-0.15, -0.1) is 0 Å². The van der Waals surface area contributed by atoms with Crippen molar-refractivity contribution in [1.29, 1.82) is 0 Å². The van der Waals surface area contributed by atoms with Gasteiger partial charge < -0.3 is 4.74 Å². The molecule has 0 unspecified atom stereocenters. The maximum absolute atomic E-state index is 11.5. The monoisotopic (exact) mass is 234 g/mol. The molecule has 0 aromatic heterocycles. The molecule has 0 spiro atoms. The predicted octanol–water partition coefficient (Wildman–Crippen LogP) is 3.32. The maximum atomic E-state index is 11.5. The van der Waals surface area contributed by atoms with Gasteiger partial charge in [0.15, 0.2) is 0 Å². The van der Waals surface area contributed by atoms with Crippen molar-refractivity contribution in [3.63, 3.8) is 0 Å². The first-order valence-electron chi connectivity index (χ1n) is 6.89. The molecule has 4 fully saturated rings. The van der Waals surface area contributed by atoms with Crippen LogP contribution in [0.5, 0.6) is 0 Å². The Morgan fingerprint density at radius 2 is 1.65 bits per heavy atom. The van der Waals surface area contributed by atoms with Crippen LogP contribution in [0.15, 0.2) is 12.2 Å². The average Bonchev–Trinajstić information content (AvgIpc) is 2.24. The third-order valence-electron chi connectivity index (χ3n) is 5.02. The molecule has 94 valence electrons. The van der Waals surface area contributed by atoms with E-state index in [4.69, 9.17) is 4.74 Å². The van der Waals surface area contributed by atoms with Gasteiger partial charge in [0.05, 0.1) is 6.61 Å². The van der Waals surface area contributed by atoms with E-state index in [1.54, 1.807) is 6.92 Å². The number of ether oxygens (including phenoxy) is 1. The van der Waals surface area contributed by atoms with E-state index in [1.807, 2.05) is 0 Å². The molecule has 0 radical (unpaired) electrons. The molecule has 0 heterocycles. The summed E-state index contributed by atoms with van der Waals surface area (Å²) in [5, 5.41) is 0. The normalized spacial score (nSPS) is 42.5. The summed E-state index contributed by atoms with van der Waals surface area (Å²) in [6.45, 7) is 6.01. The van der Waals surface area contributed by atoms with E-state index in [0.717, 1.165) is 17.8 Å². The van der Waals surface area contributed by atoms with Crippen LogP contribution < -0.4 is 0 Å². The van der Waals surface area contributed by atoms with Crippen molar-refractivity contribution >= 4 is 5.97 Å². The second-order valence-corrected chi connectivity index (χ2v) is 6.77. The lowest BCUT2D eigenvalue weighted by atomic mass is 9.50. The van der Waals surface area contributed by atoms with Gasteiger partial charge >= 0.3 is 5.97 Å². The van der Waals surface area contributed by atoms with Crippen LogP contribution >= 0.6 is 0 Å². The van der Waals surface area contributed by atoms with Crippen LogP contribution in [0, 0.1) is 23.2 Å². The number of carbonyl (C=O) groups is 1. The molecule has 0 atom stereocenters. The molecule has 0 aliphatic heterocycles. The van der Waals surface area contributed by atoms with Crippen LogP contribution in [-0.4, -0.2) is 12.6 Å². The Bertz CT molecular complexity index is 321. The van der Waals surface area contributed by atoms with E-state index in [2.05, 4.69) is 6.58 Å². The van der Waals surface area contributed by atoms with Gasteiger partial charge in [-0.3, -0.25) is 0 Å². The van der Waals surface area contributed by atoms with Gasteiger partial charge in [0.25, 0.3) is 0 Å². The lowest BCUT2D eigenvalue weighted by Crippen LogP contribution is -2.48. The standard InChI is InChI=1S/C15H22O2/c1-10(2)14(16)17-9-15-6-11-3-12(7-15)5-13(4-11)8-15/h11-13H,1,3-9H2,2H3. The van der Waals surface area contributed by atoms with Gasteiger partial charge in [-0.1, -0.05) is 6.58 Å². The Hall–Kier alpha value is -0.790. The summed E-state index contributed by atoms with van der Waals surface area (Å²) >= 11 is 0. The Labute approximate surface area is 103 Å². The van der Waals surface area contributed by atoms with Crippen molar-refractivity contribution in [2.24, 2.45) is 23.2 Å². The molecule has 0 aromatic rings. The molecule has 2 heteroatoms. The molecule has 4 aliphatic rings. The smallest absolute Gasteiger partial charge is 0.333 e. The molecule has 4 bridgehead atoms. The van der Waals surface area contributed by atoms with E-state index >= 15 is 0 Å². The molecule has 17 heavy (non-hydrogen) atoms. The number of rotatable bonds is 3. The lowest BCUT2D eigenvalue weighted by Gasteiger charge is -2.56. The minimum absolute atomic E-state index is 0.208. The van der Waals surface area contributed by atoms with Crippen molar-refractivity contribution in [2.45, 2.75) is 45.4 Å². The summed E-state index contributed by atoms with van der Waals surface area (Å²) in [5.74, 6) is 2.56. The Kier molecular flexibility index (Phi) is 2.57. The number of hydrogen-bond donors (Lipinski definition) is 0. The van der Waals surface area contributed by atoms with E-state index in [9.17, 15) is 4.79 Å². The van der Waals surface area contributed by atoms with Crippen molar-refractivity contribution in [2.75, 3.05) is 6.61 Å². The summed E-state index contributed by atoms with van der Waals surface area (Å²) in [4.78, 5) is 11.5. The van der Waals surface area contributed by atoms with Gasteiger partial charge in [-0.05, 0) is 63.2 Å². The van der Waals surface area contributed by atoms with Gasteiger partial charge in [0.2, 0.25) is 0 Å². The minimum Gasteiger partial charge on any atom is -0.462 e. The molecule has 2 nitrogen and oxygen atoms in total. The number of hydrogen-bond acceptors (Lipinski definition) is 2. The predicted molar refractivity (Wildman–Crippen MR) is 66.4 cm³/mol. The molecular weight excluding hydrogens is 212 g/mol. The highest BCUT2D eigenvalue weighted by atomic mass is 16.5. The fourth-order valence-corrected chi connectivity index (χ4v) is 4.81. The zero-order valence-electron chi connectivity index (χ0n) is 10.7. The Morgan fingerprint density at radius 3 is 2.06 bits per heavy atom. The van der Waals surface area contributed by atoms with Crippen LogP contribution in [0.2, 0.25) is 0 Å². The van der Waals surface area contributed by atoms with E-state index in [0.29, 0.717) is 17.6 Å². The first-order chi connectivity index (χ1) is 8.06. The highest BCUT2D eigenvalue weighted by molar-refractivity contribution is 5.86. The SMILES string of the molecule is C=C(C)C(=O)OCC12CC3CC(CC(C3)C1)C2. The summed E-state index contributed by atoms with van der Waals surface area (Å²) in [6, 6.07) is 0. The third kappa shape index (κ3) is 2.02. The fourth-order valence-electron chi connectivity index (χ4n) is 4.81. The summed E-state index contributed by atoms with van der Waals surface area (Å²) < 4.78 is 5.45. The van der Waals surface area contributed by atoms with Gasteiger partial charge in [-0.2, -0.15) is 0 Å². The van der Waals surface area contributed by atoms with Gasteiger partial charge in [0.1, 0.15) is 0 Å². The zero-order chi connectivity index (χ0) is 12.0. The van der Waals surface area contributed by atoms with E-state index < -0.39 is 0 Å². The van der Waals surface area contributed by atoms with Crippen LogP contribution in [0.4, 0.5) is 0 Å². The topological polar surface area (TPSA) is 26.3 Å². The first kappa shape index (κ1) is 11.3. The van der Waals surface area contributed by atoms with E-state index in [-0.39, 0.29) is 5.97 Å². The molecule has 0 aromatic carbocycles. The molecular formula is C15H22O2. The highest BCUT2D eigenvalue weighted by Gasteiger charge is 2.51. The number of esters is 1. The zero-order valence-corrected chi connectivity index (χ0v) is 10.7. The Balaban J connectivity index is 1.66. The quantitative estimate of drug-likeness (QED) is 0.553. The molecule has 0 amide bonds. The molecule has 4 saturated carbocycles. The maximum Gasteiger partial charge on any atom is 0.333 e. The molecule has 4 rings (SSSR count). The fraction of sp³-hybridized carbons (Fsp3) is 0.800. The summed E-state index contributed by atoms with van der Waals surface area (Å²) in [6.07, 6.45) is 8.20. The second kappa shape index (κ2) is 3.86. The van der Waals surface area contributed by atoms with Crippen molar-refractivity contribution in [1.82, 2.24) is 0 Å². The lowest BCUT2D eigenvalue weighted by molar-refractivity contribution is -0.150. The summed E-state index contributed by atoms with van der Waals surface area (Å²) in [7, 11) is 0. The Morgan fingerprint density at radius 1 is 1.18 bits per heavy atom. The largest absolute Gasteiger partial charge is 0.462 e. The number of carbonyl (C=O) groups excluding carboxylic acids is 1. The summed E-state index contributed by atoms with van der Waals surface area (Å²) in [5.41, 5.74) is 0.856. The average molecular weight is 234 g/mol. The highest BCUT2D eigenvalue weighted by Crippen LogP contribution is 2.60. The minimum atomic E-state index is -0.208. The third-order valence-corrected chi connectivity index (χ3v) is 5.02. The van der Waals surface area contributed by atoms with Gasteiger partial charge in [-0.25, -0.2) is 4.79 Å². The molecule has 0 N–H and O–H groups in total. The van der Waals surface area contributed by atoms with Crippen LogP contribution in [-0.2, 0) is 9.53 Å². The van der Waals surface area contributed by atoms with E-state index in [1.165, 1.54) is 38.5 Å². The van der Waals surface area contributed by atoms with Gasteiger partial charge in [0, 0.05) is 11.0 Å². The van der Waals surface area contributed by atoms with Crippen LogP contribution in [0.1, 0.15) is 45.4 Å².